The third kappa shape index (κ3) is 4.40. The van der Waals surface area contributed by atoms with Crippen molar-refractivity contribution in [3.63, 3.8) is 0 Å². The lowest BCUT2D eigenvalue weighted by molar-refractivity contribution is 0.0952. The summed E-state index contributed by atoms with van der Waals surface area (Å²) < 4.78 is 3.23. The fourth-order valence-corrected chi connectivity index (χ4v) is 3.42. The number of carbonyl (C=O) groups excluding carboxylic acids is 1. The third-order valence-corrected chi connectivity index (χ3v) is 5.47. The Kier molecular flexibility index (Phi) is 5.66. The lowest BCUT2D eigenvalue weighted by Gasteiger charge is -2.09. The van der Waals surface area contributed by atoms with Crippen LogP contribution in [-0.4, -0.2) is 31.8 Å². The van der Waals surface area contributed by atoms with Gasteiger partial charge in [-0.1, -0.05) is 35.9 Å². The molecule has 0 fully saturated rings. The summed E-state index contributed by atoms with van der Waals surface area (Å²) in [5.41, 5.74) is 5.47. The van der Waals surface area contributed by atoms with Crippen LogP contribution < -0.4 is 10.9 Å². The van der Waals surface area contributed by atoms with Gasteiger partial charge in [0.1, 0.15) is 11.7 Å². The number of hydrogen-bond donors (Lipinski definition) is 1. The van der Waals surface area contributed by atoms with Crippen molar-refractivity contribution in [2.75, 3.05) is 6.54 Å². The Balaban J connectivity index is 1.44. The van der Waals surface area contributed by atoms with Gasteiger partial charge in [0.2, 0.25) is 0 Å². The molecule has 0 spiro atoms. The van der Waals surface area contributed by atoms with E-state index in [1.807, 2.05) is 63.2 Å². The van der Waals surface area contributed by atoms with Gasteiger partial charge in [-0.25, -0.2) is 9.67 Å². The molecule has 0 bridgehead atoms. The molecule has 4 aromatic rings. The molecule has 2 aromatic carbocycles. The molecular formula is C24H25N5O2. The first-order chi connectivity index (χ1) is 14.9. The molecule has 0 radical (unpaired) electrons. The van der Waals surface area contributed by atoms with Crippen LogP contribution in [0.3, 0.4) is 0 Å². The molecule has 0 aliphatic heterocycles. The van der Waals surface area contributed by atoms with E-state index < -0.39 is 0 Å². The minimum absolute atomic E-state index is 0.129. The molecule has 0 unspecified atom stereocenters. The highest BCUT2D eigenvalue weighted by Crippen LogP contribution is 2.10. The number of fused-ring (bicyclic) bond motifs is 1. The van der Waals surface area contributed by atoms with Crippen molar-refractivity contribution in [1.82, 2.24) is 24.6 Å². The summed E-state index contributed by atoms with van der Waals surface area (Å²) in [6.07, 6.45) is 3.10. The zero-order valence-corrected chi connectivity index (χ0v) is 17.9. The Morgan fingerprint density at radius 1 is 1.03 bits per heavy atom. The van der Waals surface area contributed by atoms with Gasteiger partial charge >= 0.3 is 0 Å². The second-order valence-corrected chi connectivity index (χ2v) is 7.82. The van der Waals surface area contributed by atoms with Crippen molar-refractivity contribution in [2.24, 2.45) is 0 Å². The van der Waals surface area contributed by atoms with Gasteiger partial charge in [0.05, 0.1) is 19.3 Å². The van der Waals surface area contributed by atoms with E-state index in [9.17, 15) is 9.59 Å². The van der Waals surface area contributed by atoms with Gasteiger partial charge < -0.3 is 5.32 Å². The zero-order chi connectivity index (χ0) is 22.0. The summed E-state index contributed by atoms with van der Waals surface area (Å²) in [6.45, 7) is 7.30. The van der Waals surface area contributed by atoms with Crippen molar-refractivity contribution in [1.29, 1.82) is 0 Å². The van der Waals surface area contributed by atoms with Crippen LogP contribution in [-0.2, 0) is 13.1 Å². The topological polar surface area (TPSA) is 81.8 Å². The summed E-state index contributed by atoms with van der Waals surface area (Å²) in [6, 6.07) is 13.7. The maximum atomic E-state index is 12.8. The average Bonchev–Trinajstić information content (AvgIpc) is 3.17. The number of nitrogens with one attached hydrogen (secondary N) is 1. The summed E-state index contributed by atoms with van der Waals surface area (Å²) in [5, 5.41) is 7.67. The number of rotatable bonds is 6. The van der Waals surface area contributed by atoms with Crippen molar-refractivity contribution in [3.8, 4) is 0 Å². The largest absolute Gasteiger partial charge is 0.350 e. The molecule has 2 aromatic heterocycles. The number of hydrogen-bond acceptors (Lipinski definition) is 4. The standard InChI is InChI=1S/C24H25N5O2/c1-16-4-7-19(8-5-16)14-28-15-26-22-21(24(28)31)13-27-29(22)11-10-25-23(30)20-9-6-17(2)18(3)12-20/h4-9,12-13,15H,10-11,14H2,1-3H3,(H,25,30). The lowest BCUT2D eigenvalue weighted by atomic mass is 10.1. The molecule has 0 aliphatic carbocycles. The summed E-state index contributed by atoms with van der Waals surface area (Å²) in [7, 11) is 0. The van der Waals surface area contributed by atoms with Gasteiger partial charge in [-0.15, -0.1) is 0 Å². The molecule has 158 valence electrons. The van der Waals surface area contributed by atoms with Crippen molar-refractivity contribution in [2.45, 2.75) is 33.9 Å². The predicted molar refractivity (Wildman–Crippen MR) is 120 cm³/mol. The SMILES string of the molecule is Cc1ccc(Cn2cnc3c(cnn3CCNC(=O)c3ccc(C)c(C)c3)c2=O)cc1. The van der Waals surface area contributed by atoms with Gasteiger partial charge in [-0.3, -0.25) is 14.2 Å². The molecule has 1 amide bonds. The van der Waals surface area contributed by atoms with E-state index in [4.69, 9.17) is 0 Å². The summed E-state index contributed by atoms with van der Waals surface area (Å²) in [5.74, 6) is -0.132. The Labute approximate surface area is 180 Å². The van der Waals surface area contributed by atoms with Gasteiger partial charge in [-0.2, -0.15) is 5.10 Å². The second-order valence-electron chi connectivity index (χ2n) is 7.82. The second kappa shape index (κ2) is 8.55. The quantitative estimate of drug-likeness (QED) is 0.525. The average molecular weight is 415 g/mol. The molecule has 0 saturated heterocycles. The van der Waals surface area contributed by atoms with Crippen LogP contribution in [0, 0.1) is 20.8 Å². The van der Waals surface area contributed by atoms with Gasteiger partial charge in [0, 0.05) is 12.1 Å². The van der Waals surface area contributed by atoms with Crippen LogP contribution >= 0.6 is 0 Å². The van der Waals surface area contributed by atoms with Crippen LogP contribution in [0.4, 0.5) is 0 Å². The summed E-state index contributed by atoms with van der Waals surface area (Å²) >= 11 is 0. The molecule has 0 saturated carbocycles. The van der Waals surface area contributed by atoms with Gasteiger partial charge in [-0.05, 0) is 49.6 Å². The Morgan fingerprint density at radius 2 is 1.81 bits per heavy atom. The van der Waals surface area contributed by atoms with Crippen LogP contribution in [0.15, 0.2) is 59.8 Å². The third-order valence-electron chi connectivity index (χ3n) is 5.47. The van der Waals surface area contributed by atoms with Crippen molar-refractivity contribution in [3.05, 3.63) is 93.2 Å². The minimum atomic E-state index is -0.132. The molecule has 0 aliphatic rings. The Hall–Kier alpha value is -3.74. The number of aryl methyl sites for hydroxylation is 3. The van der Waals surface area contributed by atoms with E-state index in [0.717, 1.165) is 16.7 Å². The van der Waals surface area contributed by atoms with E-state index in [1.54, 1.807) is 21.8 Å². The summed E-state index contributed by atoms with van der Waals surface area (Å²) in [4.78, 5) is 29.7. The first kappa shape index (κ1) is 20.5. The van der Waals surface area contributed by atoms with Crippen LogP contribution in [0.1, 0.15) is 32.6 Å². The highest BCUT2D eigenvalue weighted by molar-refractivity contribution is 5.94. The van der Waals surface area contributed by atoms with Crippen molar-refractivity contribution < 1.29 is 4.79 Å². The maximum Gasteiger partial charge on any atom is 0.264 e. The molecule has 4 rings (SSSR count). The number of carbonyl (C=O) groups is 1. The number of aromatic nitrogens is 4. The first-order valence-electron chi connectivity index (χ1n) is 10.2. The molecular weight excluding hydrogens is 390 g/mol. The molecule has 31 heavy (non-hydrogen) atoms. The van der Waals surface area contributed by atoms with E-state index >= 15 is 0 Å². The zero-order valence-electron chi connectivity index (χ0n) is 17.9. The van der Waals surface area contributed by atoms with Crippen LogP contribution in [0.2, 0.25) is 0 Å². The predicted octanol–water partition coefficient (Wildman–Crippen LogP) is 3.00. The molecule has 7 heteroatoms. The fourth-order valence-electron chi connectivity index (χ4n) is 3.42. The van der Waals surface area contributed by atoms with Gasteiger partial charge in [0.25, 0.3) is 11.5 Å². The Morgan fingerprint density at radius 3 is 2.55 bits per heavy atom. The lowest BCUT2D eigenvalue weighted by Crippen LogP contribution is -2.28. The molecule has 1 N–H and O–H groups in total. The Bertz CT molecular complexity index is 1300. The van der Waals surface area contributed by atoms with E-state index in [-0.39, 0.29) is 11.5 Å². The molecule has 0 atom stereocenters. The molecule has 2 heterocycles. The highest BCUT2D eigenvalue weighted by atomic mass is 16.1. The number of benzene rings is 2. The minimum Gasteiger partial charge on any atom is -0.350 e. The van der Waals surface area contributed by atoms with E-state index in [0.29, 0.717) is 36.2 Å². The molecule has 7 nitrogen and oxygen atoms in total. The highest BCUT2D eigenvalue weighted by Gasteiger charge is 2.11. The fraction of sp³-hybridized carbons (Fsp3) is 0.250. The van der Waals surface area contributed by atoms with Crippen LogP contribution in [0.5, 0.6) is 0 Å². The first-order valence-corrected chi connectivity index (χ1v) is 10.2. The normalized spacial score (nSPS) is 11.1. The number of amides is 1. The number of nitrogens with zero attached hydrogens (tertiary/aromatic N) is 4. The van der Waals surface area contributed by atoms with Gasteiger partial charge in [0.15, 0.2) is 5.65 Å². The van der Waals surface area contributed by atoms with E-state index in [1.165, 1.54) is 5.56 Å². The van der Waals surface area contributed by atoms with Crippen LogP contribution in [0.25, 0.3) is 11.0 Å². The smallest absolute Gasteiger partial charge is 0.264 e. The van der Waals surface area contributed by atoms with E-state index in [2.05, 4.69) is 15.4 Å². The van der Waals surface area contributed by atoms with Crippen molar-refractivity contribution >= 4 is 16.9 Å². The maximum absolute atomic E-state index is 12.8. The monoisotopic (exact) mass is 415 g/mol.